The normalized spacial score (nSPS) is 10.4. The second kappa shape index (κ2) is 5.43. The maximum atomic E-state index is 11.6. The molecule has 0 aliphatic carbocycles. The average molecular weight is 210 g/mol. The number of carbonyl (C=O) groups excluding carboxylic acids is 1. The number of hydrogen-bond donors (Lipinski definition) is 3. The number of rotatable bonds is 4. The highest BCUT2D eigenvalue weighted by atomic mass is 16.3. The molecule has 3 N–H and O–H groups in total. The Bertz CT molecular complexity index is 337. The predicted molar refractivity (Wildman–Crippen MR) is 54.4 cm³/mol. The van der Waals surface area contributed by atoms with Gasteiger partial charge in [0.1, 0.15) is 0 Å². The van der Waals surface area contributed by atoms with Crippen molar-refractivity contribution < 1.29 is 15.0 Å². The highest BCUT2D eigenvalue weighted by Gasteiger charge is 2.13. The van der Waals surface area contributed by atoms with E-state index in [0.29, 0.717) is 11.3 Å². The minimum atomic E-state index is -0.628. The van der Waals surface area contributed by atoms with Gasteiger partial charge in [0, 0.05) is 11.9 Å². The summed E-state index contributed by atoms with van der Waals surface area (Å²) >= 11 is 0. The van der Waals surface area contributed by atoms with Gasteiger partial charge in [-0.15, -0.1) is 0 Å². The number of nitrogens with zero attached hydrogens (tertiary/aromatic N) is 1. The molecule has 0 saturated heterocycles. The molecule has 1 heterocycles. The Labute approximate surface area is 87.8 Å². The highest BCUT2D eigenvalue weighted by Crippen LogP contribution is 2.03. The molecule has 82 valence electrons. The number of carbonyl (C=O) groups is 1. The van der Waals surface area contributed by atoms with Gasteiger partial charge in [0.25, 0.3) is 5.91 Å². The second-order valence-corrected chi connectivity index (χ2v) is 3.17. The number of aryl methyl sites for hydroxylation is 1. The van der Waals surface area contributed by atoms with E-state index in [-0.39, 0.29) is 19.1 Å². The first kappa shape index (κ1) is 11.6. The lowest BCUT2D eigenvalue weighted by Crippen LogP contribution is -2.40. The van der Waals surface area contributed by atoms with E-state index < -0.39 is 6.04 Å². The monoisotopic (exact) mass is 210 g/mol. The van der Waals surface area contributed by atoms with Gasteiger partial charge < -0.3 is 15.5 Å². The van der Waals surface area contributed by atoms with Crippen molar-refractivity contribution in [2.75, 3.05) is 13.2 Å². The number of pyridine rings is 1. The number of amides is 1. The molecule has 1 amide bonds. The van der Waals surface area contributed by atoms with Crippen LogP contribution in [-0.2, 0) is 0 Å². The summed E-state index contributed by atoms with van der Waals surface area (Å²) in [4.78, 5) is 15.6. The molecule has 0 aliphatic rings. The molecule has 1 rings (SSSR count). The minimum absolute atomic E-state index is 0.290. The third kappa shape index (κ3) is 3.00. The molecule has 0 spiro atoms. The zero-order chi connectivity index (χ0) is 11.3. The second-order valence-electron chi connectivity index (χ2n) is 3.17. The molecule has 0 fully saturated rings. The largest absolute Gasteiger partial charge is 0.394 e. The first-order chi connectivity index (χ1) is 7.19. The number of aliphatic hydroxyl groups is 2. The average Bonchev–Trinajstić information content (AvgIpc) is 2.26. The number of hydrogen-bond acceptors (Lipinski definition) is 4. The molecular formula is C10H14N2O3. The van der Waals surface area contributed by atoms with E-state index in [0.717, 1.165) is 0 Å². The molecule has 5 nitrogen and oxygen atoms in total. The lowest BCUT2D eigenvalue weighted by atomic mass is 10.2. The fourth-order valence-corrected chi connectivity index (χ4v) is 1.14. The van der Waals surface area contributed by atoms with Crippen LogP contribution >= 0.6 is 0 Å². The summed E-state index contributed by atoms with van der Waals surface area (Å²) in [5, 5.41) is 20.1. The van der Waals surface area contributed by atoms with Crippen LogP contribution in [-0.4, -0.2) is 40.4 Å². The van der Waals surface area contributed by atoms with Gasteiger partial charge >= 0.3 is 0 Å². The molecule has 5 heteroatoms. The van der Waals surface area contributed by atoms with Gasteiger partial charge in [0.05, 0.1) is 24.8 Å². The van der Waals surface area contributed by atoms with Crippen LogP contribution in [0.4, 0.5) is 0 Å². The van der Waals surface area contributed by atoms with E-state index in [1.54, 1.807) is 25.3 Å². The van der Waals surface area contributed by atoms with Crippen molar-refractivity contribution >= 4 is 5.91 Å². The van der Waals surface area contributed by atoms with Crippen LogP contribution in [0.25, 0.3) is 0 Å². The molecule has 0 saturated carbocycles. The van der Waals surface area contributed by atoms with E-state index in [2.05, 4.69) is 10.3 Å². The molecule has 1 aromatic heterocycles. The molecule has 1 aromatic rings. The molecule has 0 bridgehead atoms. The maximum Gasteiger partial charge on any atom is 0.253 e. The third-order valence-electron chi connectivity index (χ3n) is 2.03. The molecule has 0 aliphatic heterocycles. The van der Waals surface area contributed by atoms with Gasteiger partial charge in [-0.05, 0) is 19.1 Å². The van der Waals surface area contributed by atoms with Gasteiger partial charge in [0.2, 0.25) is 0 Å². The van der Waals surface area contributed by atoms with Crippen LogP contribution in [0.2, 0.25) is 0 Å². The lowest BCUT2D eigenvalue weighted by Gasteiger charge is -2.13. The first-order valence-corrected chi connectivity index (χ1v) is 4.63. The van der Waals surface area contributed by atoms with E-state index in [1.165, 1.54) is 0 Å². The Kier molecular flexibility index (Phi) is 4.20. The summed E-state index contributed by atoms with van der Waals surface area (Å²) in [5.41, 5.74) is 1.06. The highest BCUT2D eigenvalue weighted by molar-refractivity contribution is 5.95. The first-order valence-electron chi connectivity index (χ1n) is 4.63. The Hall–Kier alpha value is -1.46. The minimum Gasteiger partial charge on any atom is -0.394 e. The van der Waals surface area contributed by atoms with Crippen molar-refractivity contribution in [1.29, 1.82) is 0 Å². The van der Waals surface area contributed by atoms with E-state index in [4.69, 9.17) is 10.2 Å². The quantitative estimate of drug-likeness (QED) is 0.624. The van der Waals surface area contributed by atoms with E-state index in [1.807, 2.05) is 0 Å². The zero-order valence-electron chi connectivity index (χ0n) is 8.47. The maximum absolute atomic E-state index is 11.6. The molecule has 0 atom stereocenters. The number of nitrogens with one attached hydrogen (secondary N) is 1. The number of aliphatic hydroxyl groups excluding tert-OH is 2. The Morgan fingerprint density at radius 1 is 1.53 bits per heavy atom. The van der Waals surface area contributed by atoms with Crippen LogP contribution in [0.15, 0.2) is 18.3 Å². The Morgan fingerprint density at radius 2 is 2.20 bits per heavy atom. The SMILES string of the molecule is Cc1ncccc1C(=O)NC(CO)CO. The van der Waals surface area contributed by atoms with Crippen molar-refractivity contribution in [2.45, 2.75) is 13.0 Å². The van der Waals surface area contributed by atoms with Crippen LogP contribution in [0.1, 0.15) is 16.1 Å². The van der Waals surface area contributed by atoms with Crippen molar-refractivity contribution in [3.05, 3.63) is 29.6 Å². The smallest absolute Gasteiger partial charge is 0.253 e. The van der Waals surface area contributed by atoms with Crippen molar-refractivity contribution in [3.8, 4) is 0 Å². The molecule has 0 unspecified atom stereocenters. The summed E-state index contributed by atoms with van der Waals surface area (Å²) < 4.78 is 0. The van der Waals surface area contributed by atoms with Crippen LogP contribution in [0, 0.1) is 6.92 Å². The fourth-order valence-electron chi connectivity index (χ4n) is 1.14. The summed E-state index contributed by atoms with van der Waals surface area (Å²) in [6.07, 6.45) is 1.60. The van der Waals surface area contributed by atoms with Crippen LogP contribution in [0.3, 0.4) is 0 Å². The van der Waals surface area contributed by atoms with Crippen molar-refractivity contribution in [3.63, 3.8) is 0 Å². The van der Waals surface area contributed by atoms with Crippen LogP contribution in [0.5, 0.6) is 0 Å². The van der Waals surface area contributed by atoms with Gasteiger partial charge in [-0.25, -0.2) is 0 Å². The van der Waals surface area contributed by atoms with Crippen molar-refractivity contribution in [1.82, 2.24) is 10.3 Å². The van der Waals surface area contributed by atoms with Crippen molar-refractivity contribution in [2.24, 2.45) is 0 Å². The molecule has 15 heavy (non-hydrogen) atoms. The summed E-state index contributed by atoms with van der Waals surface area (Å²) in [5.74, 6) is -0.339. The van der Waals surface area contributed by atoms with E-state index >= 15 is 0 Å². The topological polar surface area (TPSA) is 82.5 Å². The summed E-state index contributed by atoms with van der Waals surface area (Å²) in [6.45, 7) is 1.14. The molecule has 0 aromatic carbocycles. The van der Waals surface area contributed by atoms with Gasteiger partial charge in [-0.1, -0.05) is 0 Å². The Balaban J connectivity index is 2.73. The van der Waals surface area contributed by atoms with Crippen LogP contribution < -0.4 is 5.32 Å². The van der Waals surface area contributed by atoms with E-state index in [9.17, 15) is 4.79 Å². The molecular weight excluding hydrogens is 196 g/mol. The van der Waals surface area contributed by atoms with Gasteiger partial charge in [-0.2, -0.15) is 0 Å². The summed E-state index contributed by atoms with van der Waals surface area (Å²) in [7, 11) is 0. The Morgan fingerprint density at radius 3 is 2.73 bits per heavy atom. The predicted octanol–water partition coefficient (Wildman–Crippen LogP) is -0.527. The van der Waals surface area contributed by atoms with Gasteiger partial charge in [0.15, 0.2) is 0 Å². The molecule has 0 radical (unpaired) electrons. The standard InChI is InChI=1S/C10H14N2O3/c1-7-9(3-2-4-11-7)10(15)12-8(5-13)6-14/h2-4,8,13-14H,5-6H2,1H3,(H,12,15). The lowest BCUT2D eigenvalue weighted by molar-refractivity contribution is 0.0878. The zero-order valence-corrected chi connectivity index (χ0v) is 8.47. The number of aromatic nitrogens is 1. The third-order valence-corrected chi connectivity index (χ3v) is 2.03. The fraction of sp³-hybridized carbons (Fsp3) is 0.400. The van der Waals surface area contributed by atoms with Gasteiger partial charge in [-0.3, -0.25) is 9.78 Å². The summed E-state index contributed by atoms with van der Waals surface area (Å²) in [6, 6.07) is 2.68.